The highest BCUT2D eigenvalue weighted by molar-refractivity contribution is 6.03. The van der Waals surface area contributed by atoms with Gasteiger partial charge >= 0.3 is 6.18 Å². The Kier molecular flexibility index (Phi) is 4.73. The van der Waals surface area contributed by atoms with E-state index in [1.807, 2.05) is 18.2 Å². The number of benzene rings is 1. The van der Waals surface area contributed by atoms with E-state index < -0.39 is 18.5 Å². The van der Waals surface area contributed by atoms with Gasteiger partial charge < -0.3 is 9.88 Å². The molecule has 2 aliphatic rings. The van der Waals surface area contributed by atoms with Gasteiger partial charge in [0, 0.05) is 34.9 Å². The minimum atomic E-state index is -4.32. The zero-order valence-electron chi connectivity index (χ0n) is 18.3. The second kappa shape index (κ2) is 7.72. The van der Waals surface area contributed by atoms with Crippen LogP contribution >= 0.6 is 0 Å². The van der Waals surface area contributed by atoms with Gasteiger partial charge in [0.2, 0.25) is 0 Å². The van der Waals surface area contributed by atoms with Gasteiger partial charge in [0.05, 0.1) is 12.0 Å². The van der Waals surface area contributed by atoms with Gasteiger partial charge in [-0.1, -0.05) is 18.2 Å². The number of anilines is 1. The summed E-state index contributed by atoms with van der Waals surface area (Å²) in [4.78, 5) is 20.9. The van der Waals surface area contributed by atoms with E-state index in [-0.39, 0.29) is 16.9 Å². The molecule has 6 rings (SSSR count). The van der Waals surface area contributed by atoms with Crippen molar-refractivity contribution >= 4 is 11.6 Å². The topological polar surface area (TPSA) is 85.6 Å². The normalized spacial score (nSPS) is 20.3. The first-order valence-corrected chi connectivity index (χ1v) is 11.1. The van der Waals surface area contributed by atoms with Crippen LogP contribution in [-0.2, 0) is 12.0 Å². The number of nitrogens with zero attached hydrogens (tertiary/aromatic N) is 5. The van der Waals surface area contributed by atoms with Crippen LogP contribution in [-0.4, -0.2) is 36.8 Å². The molecule has 1 aromatic carbocycles. The molecule has 0 saturated heterocycles. The highest BCUT2D eigenvalue weighted by Crippen LogP contribution is 2.73. The fourth-order valence-corrected chi connectivity index (χ4v) is 4.40. The Morgan fingerprint density at radius 1 is 1.06 bits per heavy atom. The van der Waals surface area contributed by atoms with Crippen LogP contribution in [0, 0.1) is 5.92 Å². The van der Waals surface area contributed by atoms with Crippen LogP contribution in [0.2, 0.25) is 0 Å². The second-order valence-corrected chi connectivity index (χ2v) is 9.03. The quantitative estimate of drug-likeness (QED) is 0.429. The SMILES string of the molecule is O=C(Nc1cccc(-c2nncn2C23CC2C3)c1)c1cc(-c2ccc(CC(F)(F)F)nc2)ccn1. The van der Waals surface area contributed by atoms with Gasteiger partial charge in [0.25, 0.3) is 5.91 Å². The number of hydrogen-bond donors (Lipinski definition) is 1. The molecular weight excluding hydrogens is 457 g/mol. The summed E-state index contributed by atoms with van der Waals surface area (Å²) in [6, 6.07) is 13.5. The van der Waals surface area contributed by atoms with Crippen molar-refractivity contribution in [3.63, 3.8) is 0 Å². The summed E-state index contributed by atoms with van der Waals surface area (Å²) in [6.07, 6.45) is 1.53. The largest absolute Gasteiger partial charge is 0.394 e. The van der Waals surface area contributed by atoms with Crippen molar-refractivity contribution < 1.29 is 18.0 Å². The monoisotopic (exact) mass is 476 g/mol. The highest BCUT2D eigenvalue weighted by Gasteiger charge is 2.71. The van der Waals surface area contributed by atoms with Crippen molar-refractivity contribution in [2.24, 2.45) is 5.92 Å². The molecule has 4 aromatic rings. The third-order valence-corrected chi connectivity index (χ3v) is 6.58. The summed E-state index contributed by atoms with van der Waals surface area (Å²) in [6.45, 7) is 0. The molecule has 3 aromatic heterocycles. The highest BCUT2D eigenvalue weighted by atomic mass is 19.4. The van der Waals surface area contributed by atoms with Crippen LogP contribution in [0.4, 0.5) is 18.9 Å². The Morgan fingerprint density at radius 3 is 2.60 bits per heavy atom. The number of halogens is 3. The number of amides is 1. The molecule has 2 fully saturated rings. The number of nitrogens with one attached hydrogen (secondary N) is 1. The average molecular weight is 476 g/mol. The van der Waals surface area contributed by atoms with Crippen molar-refractivity contribution in [1.29, 1.82) is 0 Å². The molecule has 2 aliphatic carbocycles. The Morgan fingerprint density at radius 2 is 1.89 bits per heavy atom. The maximum Gasteiger partial charge on any atom is 0.394 e. The van der Waals surface area contributed by atoms with Crippen molar-refractivity contribution in [1.82, 2.24) is 24.7 Å². The molecular formula is C25H19F3N6O. The predicted molar refractivity (Wildman–Crippen MR) is 121 cm³/mol. The molecule has 3 heterocycles. The first kappa shape index (κ1) is 21.5. The summed E-state index contributed by atoms with van der Waals surface area (Å²) in [5, 5.41) is 11.2. The smallest absolute Gasteiger partial charge is 0.321 e. The van der Waals surface area contributed by atoms with Gasteiger partial charge in [-0.25, -0.2) is 0 Å². The van der Waals surface area contributed by atoms with Crippen LogP contribution in [0.3, 0.4) is 0 Å². The third kappa shape index (κ3) is 4.16. The molecule has 0 aliphatic heterocycles. The summed E-state index contributed by atoms with van der Waals surface area (Å²) in [7, 11) is 0. The van der Waals surface area contributed by atoms with Gasteiger partial charge in [-0.2, -0.15) is 13.2 Å². The Hall–Kier alpha value is -4.08. The number of rotatable bonds is 6. The van der Waals surface area contributed by atoms with E-state index in [2.05, 4.69) is 30.0 Å². The molecule has 35 heavy (non-hydrogen) atoms. The molecule has 1 N–H and O–H groups in total. The maximum atomic E-state index is 12.9. The zero-order chi connectivity index (χ0) is 24.2. The summed E-state index contributed by atoms with van der Waals surface area (Å²) >= 11 is 0. The van der Waals surface area contributed by atoms with Gasteiger partial charge in [0.15, 0.2) is 5.82 Å². The van der Waals surface area contributed by atoms with E-state index >= 15 is 0 Å². The first-order chi connectivity index (χ1) is 16.8. The third-order valence-electron chi connectivity index (χ3n) is 6.58. The lowest BCUT2D eigenvalue weighted by Gasteiger charge is -2.11. The van der Waals surface area contributed by atoms with Crippen molar-refractivity contribution in [3.8, 4) is 22.5 Å². The number of carbonyl (C=O) groups excluding carboxylic acids is 1. The van der Waals surface area contributed by atoms with Crippen molar-refractivity contribution in [2.45, 2.75) is 31.0 Å². The zero-order valence-corrected chi connectivity index (χ0v) is 18.3. The van der Waals surface area contributed by atoms with Gasteiger partial charge in [-0.3, -0.25) is 14.8 Å². The summed E-state index contributed by atoms with van der Waals surface area (Å²) in [5.74, 6) is 1.10. The Bertz CT molecular complexity index is 1420. The molecule has 0 radical (unpaired) electrons. The molecule has 2 saturated carbocycles. The van der Waals surface area contributed by atoms with E-state index in [0.717, 1.165) is 30.1 Å². The first-order valence-electron chi connectivity index (χ1n) is 11.1. The van der Waals surface area contributed by atoms with Crippen LogP contribution in [0.1, 0.15) is 29.0 Å². The van der Waals surface area contributed by atoms with Crippen LogP contribution in [0.5, 0.6) is 0 Å². The molecule has 0 bridgehead atoms. The minimum Gasteiger partial charge on any atom is -0.321 e. The lowest BCUT2D eigenvalue weighted by molar-refractivity contribution is -0.127. The van der Waals surface area contributed by atoms with Crippen LogP contribution < -0.4 is 5.32 Å². The lowest BCUT2D eigenvalue weighted by atomic mass is 10.1. The number of fused-ring (bicyclic) bond motifs is 1. The van der Waals surface area contributed by atoms with Crippen molar-refractivity contribution in [3.05, 3.63) is 78.6 Å². The van der Waals surface area contributed by atoms with E-state index in [4.69, 9.17) is 0 Å². The van der Waals surface area contributed by atoms with E-state index in [1.54, 1.807) is 30.6 Å². The standard InChI is InChI=1S/C25H19F3N6O/c26-25(27,28)12-20-5-4-17(13-30-20)15-6-7-29-21(9-15)23(35)32-19-3-1-2-16(8-19)22-33-31-14-34(22)24-10-18(24)11-24/h1-9,13-14,18H,10-12H2,(H,32,35). The predicted octanol–water partition coefficient (Wildman–Crippen LogP) is 4.88. The fraction of sp³-hybridized carbons (Fsp3) is 0.240. The molecule has 0 unspecified atom stereocenters. The number of pyridine rings is 2. The summed E-state index contributed by atoms with van der Waals surface area (Å²) < 4.78 is 39.8. The van der Waals surface area contributed by atoms with Gasteiger partial charge in [-0.05, 0) is 54.7 Å². The lowest BCUT2D eigenvalue weighted by Crippen LogP contribution is -2.14. The molecule has 0 spiro atoms. The summed E-state index contributed by atoms with van der Waals surface area (Å²) in [5.41, 5.74) is 2.97. The number of hydrogen-bond acceptors (Lipinski definition) is 5. The van der Waals surface area contributed by atoms with Crippen LogP contribution in [0.25, 0.3) is 22.5 Å². The number of carbonyl (C=O) groups is 1. The Balaban J connectivity index is 1.19. The van der Waals surface area contributed by atoms with E-state index in [1.165, 1.54) is 18.5 Å². The van der Waals surface area contributed by atoms with E-state index in [9.17, 15) is 18.0 Å². The molecule has 7 nitrogen and oxygen atoms in total. The second-order valence-electron chi connectivity index (χ2n) is 9.03. The van der Waals surface area contributed by atoms with Crippen LogP contribution in [0.15, 0.2) is 67.3 Å². The molecule has 176 valence electrons. The Labute approximate surface area is 198 Å². The molecule has 0 atom stereocenters. The number of alkyl halides is 3. The molecule has 10 heteroatoms. The van der Waals surface area contributed by atoms with Gasteiger partial charge in [0.1, 0.15) is 12.0 Å². The van der Waals surface area contributed by atoms with Crippen molar-refractivity contribution in [2.75, 3.05) is 5.32 Å². The minimum absolute atomic E-state index is 0.0671. The fourth-order valence-electron chi connectivity index (χ4n) is 4.40. The maximum absolute atomic E-state index is 12.9. The molecule has 1 amide bonds. The average Bonchev–Trinajstić information content (AvgIpc) is 3.65. The number of aromatic nitrogens is 5. The van der Waals surface area contributed by atoms with Gasteiger partial charge in [-0.15, -0.1) is 10.2 Å². The van der Waals surface area contributed by atoms with E-state index in [0.29, 0.717) is 16.8 Å².